The zero-order chi connectivity index (χ0) is 15.6. The Labute approximate surface area is 131 Å². The molecule has 21 heavy (non-hydrogen) atoms. The Bertz CT molecular complexity index is 761. The van der Waals surface area contributed by atoms with Gasteiger partial charge in [-0.1, -0.05) is 23.2 Å². The van der Waals surface area contributed by atoms with E-state index in [4.69, 9.17) is 23.2 Å². The molecule has 2 aromatic rings. The SMILES string of the molecule is Cn1cnc(CNS(=O)(=O)c2ccc(Cl)c(CO)c2Cl)n1. The molecule has 0 aliphatic heterocycles. The van der Waals surface area contributed by atoms with Crippen molar-refractivity contribution in [1.29, 1.82) is 0 Å². The molecule has 0 unspecified atom stereocenters. The molecule has 0 aliphatic rings. The number of aliphatic hydroxyl groups is 1. The van der Waals surface area contributed by atoms with Crippen LogP contribution in [0.1, 0.15) is 11.4 Å². The monoisotopic (exact) mass is 350 g/mol. The van der Waals surface area contributed by atoms with Crippen LogP contribution in [0.25, 0.3) is 0 Å². The van der Waals surface area contributed by atoms with E-state index in [0.29, 0.717) is 5.82 Å². The van der Waals surface area contributed by atoms with Crippen LogP contribution in [0.15, 0.2) is 23.4 Å². The van der Waals surface area contributed by atoms with Gasteiger partial charge in [-0.05, 0) is 12.1 Å². The molecular formula is C11H12Cl2N4O3S. The van der Waals surface area contributed by atoms with Gasteiger partial charge in [0.25, 0.3) is 0 Å². The molecular weight excluding hydrogens is 339 g/mol. The second-order valence-electron chi connectivity index (χ2n) is 4.16. The zero-order valence-electron chi connectivity index (χ0n) is 10.9. The first kappa shape index (κ1) is 16.2. The maximum atomic E-state index is 12.2. The Kier molecular flexibility index (Phi) is 4.84. The highest BCUT2D eigenvalue weighted by Crippen LogP contribution is 2.30. The van der Waals surface area contributed by atoms with Crippen LogP contribution in [0.4, 0.5) is 0 Å². The van der Waals surface area contributed by atoms with Crippen molar-refractivity contribution in [3.63, 3.8) is 0 Å². The van der Waals surface area contributed by atoms with Crippen molar-refractivity contribution in [2.45, 2.75) is 18.0 Å². The topological polar surface area (TPSA) is 97.1 Å². The molecule has 0 saturated heterocycles. The standard InChI is InChI=1S/C11H12Cl2N4O3S/c1-17-6-14-10(16-17)4-15-21(19,20)9-3-2-8(12)7(5-18)11(9)13/h2-3,6,15,18H,4-5H2,1H3. The fourth-order valence-electron chi connectivity index (χ4n) is 1.63. The minimum Gasteiger partial charge on any atom is -0.392 e. The number of benzene rings is 1. The first-order valence-electron chi connectivity index (χ1n) is 5.77. The molecule has 2 N–H and O–H groups in total. The Hall–Kier alpha value is -1.19. The average molecular weight is 351 g/mol. The summed E-state index contributed by atoms with van der Waals surface area (Å²) in [6.07, 6.45) is 1.46. The van der Waals surface area contributed by atoms with Gasteiger partial charge in [-0.15, -0.1) is 0 Å². The summed E-state index contributed by atoms with van der Waals surface area (Å²) in [6, 6.07) is 2.64. The molecule has 1 heterocycles. The number of aryl methyl sites for hydroxylation is 1. The molecule has 0 bridgehead atoms. The van der Waals surface area contributed by atoms with Crippen LogP contribution in [0.2, 0.25) is 10.0 Å². The summed E-state index contributed by atoms with van der Waals surface area (Å²) in [7, 11) is -2.20. The quantitative estimate of drug-likeness (QED) is 0.841. The van der Waals surface area contributed by atoms with Crippen molar-refractivity contribution in [3.8, 4) is 0 Å². The maximum absolute atomic E-state index is 12.2. The van der Waals surface area contributed by atoms with Gasteiger partial charge >= 0.3 is 0 Å². The lowest BCUT2D eigenvalue weighted by Gasteiger charge is -2.11. The molecule has 0 amide bonds. The number of hydrogen-bond acceptors (Lipinski definition) is 5. The molecule has 2 rings (SSSR count). The van der Waals surface area contributed by atoms with Crippen molar-refractivity contribution in [2.75, 3.05) is 0 Å². The summed E-state index contributed by atoms with van der Waals surface area (Å²) in [6.45, 7) is -0.528. The van der Waals surface area contributed by atoms with Crippen LogP contribution in [0.5, 0.6) is 0 Å². The Balaban J connectivity index is 2.27. The Morgan fingerprint density at radius 2 is 2.10 bits per heavy atom. The van der Waals surface area contributed by atoms with Crippen LogP contribution >= 0.6 is 23.2 Å². The molecule has 1 aromatic heterocycles. The van der Waals surface area contributed by atoms with Gasteiger partial charge < -0.3 is 5.11 Å². The number of nitrogens with one attached hydrogen (secondary N) is 1. The smallest absolute Gasteiger partial charge is 0.242 e. The predicted molar refractivity (Wildman–Crippen MR) is 77.4 cm³/mol. The van der Waals surface area contributed by atoms with Crippen LogP contribution < -0.4 is 4.72 Å². The molecule has 114 valence electrons. The first-order chi connectivity index (χ1) is 9.85. The van der Waals surface area contributed by atoms with E-state index in [9.17, 15) is 13.5 Å². The fourth-order valence-corrected chi connectivity index (χ4v) is 3.51. The summed E-state index contributed by atoms with van der Waals surface area (Å²) in [5, 5.41) is 13.3. The third-order valence-corrected chi connectivity index (χ3v) is 5.01. The van der Waals surface area contributed by atoms with E-state index in [2.05, 4.69) is 14.8 Å². The average Bonchev–Trinajstić information content (AvgIpc) is 2.83. The zero-order valence-corrected chi connectivity index (χ0v) is 13.2. The number of aromatic nitrogens is 3. The largest absolute Gasteiger partial charge is 0.392 e. The number of halogens is 2. The van der Waals surface area contributed by atoms with Crippen LogP contribution in [-0.2, 0) is 30.2 Å². The van der Waals surface area contributed by atoms with Crippen molar-refractivity contribution >= 4 is 33.2 Å². The van der Waals surface area contributed by atoms with Crippen molar-refractivity contribution in [3.05, 3.63) is 39.9 Å². The molecule has 0 radical (unpaired) electrons. The maximum Gasteiger partial charge on any atom is 0.242 e. The highest BCUT2D eigenvalue weighted by molar-refractivity contribution is 7.89. The van der Waals surface area contributed by atoms with Gasteiger partial charge in [-0.3, -0.25) is 4.68 Å². The Morgan fingerprint density at radius 1 is 1.38 bits per heavy atom. The summed E-state index contributed by atoms with van der Waals surface area (Å²) in [5.41, 5.74) is 0.164. The van der Waals surface area contributed by atoms with Gasteiger partial charge in [0, 0.05) is 17.6 Å². The minimum atomic E-state index is -3.87. The van der Waals surface area contributed by atoms with E-state index in [0.717, 1.165) is 0 Å². The van der Waals surface area contributed by atoms with Crippen molar-refractivity contribution in [1.82, 2.24) is 19.5 Å². The van der Waals surface area contributed by atoms with Crippen LogP contribution in [0.3, 0.4) is 0 Å². The minimum absolute atomic E-state index is 0.0728. The molecule has 0 spiro atoms. The first-order valence-corrected chi connectivity index (χ1v) is 8.01. The Morgan fingerprint density at radius 3 is 2.67 bits per heavy atom. The van der Waals surface area contributed by atoms with Crippen LogP contribution in [-0.4, -0.2) is 28.3 Å². The van der Waals surface area contributed by atoms with E-state index < -0.39 is 16.6 Å². The number of rotatable bonds is 5. The number of hydrogen-bond donors (Lipinski definition) is 2. The molecule has 0 fully saturated rings. The van der Waals surface area contributed by atoms with Crippen LogP contribution in [0, 0.1) is 0 Å². The van der Waals surface area contributed by atoms with E-state index in [1.165, 1.54) is 23.1 Å². The van der Waals surface area contributed by atoms with E-state index in [1.54, 1.807) is 7.05 Å². The second-order valence-corrected chi connectivity index (χ2v) is 6.68. The molecule has 10 heteroatoms. The van der Waals surface area contributed by atoms with Gasteiger partial charge in [0.2, 0.25) is 10.0 Å². The lowest BCUT2D eigenvalue weighted by molar-refractivity contribution is 0.281. The van der Waals surface area contributed by atoms with Gasteiger partial charge in [0.05, 0.1) is 18.2 Å². The summed E-state index contributed by atoms with van der Waals surface area (Å²) < 4.78 is 28.3. The molecule has 0 atom stereocenters. The predicted octanol–water partition coefficient (Wildman–Crippen LogP) is 1.09. The third kappa shape index (κ3) is 3.53. The van der Waals surface area contributed by atoms with Gasteiger partial charge in [0.15, 0.2) is 5.82 Å². The molecule has 0 aliphatic carbocycles. The van der Waals surface area contributed by atoms with Gasteiger partial charge in [-0.2, -0.15) is 5.10 Å². The normalized spacial score (nSPS) is 11.8. The lowest BCUT2D eigenvalue weighted by Crippen LogP contribution is -2.24. The third-order valence-electron chi connectivity index (χ3n) is 2.67. The van der Waals surface area contributed by atoms with Gasteiger partial charge in [-0.25, -0.2) is 18.1 Å². The van der Waals surface area contributed by atoms with E-state index in [1.807, 2.05) is 0 Å². The summed E-state index contributed by atoms with van der Waals surface area (Å²) in [5.74, 6) is 0.327. The number of aliphatic hydroxyl groups excluding tert-OH is 1. The highest BCUT2D eigenvalue weighted by Gasteiger charge is 2.21. The fraction of sp³-hybridized carbons (Fsp3) is 0.273. The highest BCUT2D eigenvalue weighted by atomic mass is 35.5. The molecule has 1 aromatic carbocycles. The van der Waals surface area contributed by atoms with E-state index in [-0.39, 0.29) is 27.0 Å². The summed E-state index contributed by atoms with van der Waals surface area (Å²) >= 11 is 11.8. The summed E-state index contributed by atoms with van der Waals surface area (Å²) in [4.78, 5) is 3.75. The van der Waals surface area contributed by atoms with Gasteiger partial charge in [0.1, 0.15) is 11.2 Å². The number of nitrogens with zero attached hydrogens (tertiary/aromatic N) is 3. The van der Waals surface area contributed by atoms with Crippen molar-refractivity contribution < 1.29 is 13.5 Å². The molecule has 0 saturated carbocycles. The lowest BCUT2D eigenvalue weighted by atomic mass is 10.2. The van der Waals surface area contributed by atoms with Crippen molar-refractivity contribution in [2.24, 2.45) is 7.05 Å². The number of sulfonamides is 1. The van der Waals surface area contributed by atoms with E-state index >= 15 is 0 Å². The second kappa shape index (κ2) is 6.29. The molecule has 7 nitrogen and oxygen atoms in total.